The van der Waals surface area contributed by atoms with E-state index in [4.69, 9.17) is 11.2 Å². The lowest BCUT2D eigenvalue weighted by Gasteiger charge is -1.87. The maximum Gasteiger partial charge on any atom is 0.0851 e. The van der Waals surface area contributed by atoms with Gasteiger partial charge in [-0.05, 0) is 12.8 Å². The van der Waals surface area contributed by atoms with Gasteiger partial charge in [0.1, 0.15) is 0 Å². The number of terminal acetylenes is 1. The Kier molecular flexibility index (Phi) is 2.77. The van der Waals surface area contributed by atoms with Gasteiger partial charge in [0.25, 0.3) is 0 Å². The van der Waals surface area contributed by atoms with Crippen LogP contribution in [0.4, 0.5) is 0 Å². The number of rotatable bonds is 4. The Morgan fingerprint density at radius 1 is 1.40 bits per heavy atom. The highest BCUT2D eigenvalue weighted by Gasteiger charge is 2.36. The van der Waals surface area contributed by atoms with Crippen LogP contribution in [0.25, 0.3) is 0 Å². The molecule has 1 heterocycles. The van der Waals surface area contributed by atoms with Gasteiger partial charge in [-0.1, -0.05) is 13.3 Å². The molecule has 1 aliphatic rings. The van der Waals surface area contributed by atoms with Crippen molar-refractivity contribution < 1.29 is 4.74 Å². The second-order valence-corrected chi connectivity index (χ2v) is 2.74. The molecule has 0 spiro atoms. The Morgan fingerprint density at radius 3 is 2.70 bits per heavy atom. The molecule has 56 valence electrons. The van der Waals surface area contributed by atoms with Crippen molar-refractivity contribution in [1.82, 2.24) is 0 Å². The van der Waals surface area contributed by atoms with E-state index in [0.29, 0.717) is 12.2 Å². The number of hydrogen-bond donors (Lipinski definition) is 0. The Hall–Kier alpha value is -0.480. The van der Waals surface area contributed by atoms with E-state index in [1.165, 1.54) is 12.8 Å². The van der Waals surface area contributed by atoms with Gasteiger partial charge in [-0.15, -0.1) is 12.3 Å². The Balaban J connectivity index is 1.98. The zero-order valence-electron chi connectivity index (χ0n) is 6.47. The van der Waals surface area contributed by atoms with Crippen molar-refractivity contribution in [2.45, 2.75) is 44.8 Å². The molecule has 1 aliphatic heterocycles. The molecule has 0 aliphatic carbocycles. The first-order chi connectivity index (χ1) is 4.88. The molecule has 1 saturated heterocycles. The fourth-order valence-corrected chi connectivity index (χ4v) is 1.20. The molecule has 10 heavy (non-hydrogen) atoms. The monoisotopic (exact) mass is 138 g/mol. The van der Waals surface area contributed by atoms with Gasteiger partial charge in [0.2, 0.25) is 0 Å². The smallest absolute Gasteiger partial charge is 0.0851 e. The van der Waals surface area contributed by atoms with Crippen molar-refractivity contribution in [3.63, 3.8) is 0 Å². The van der Waals surface area contributed by atoms with Crippen LogP contribution in [-0.4, -0.2) is 12.2 Å². The molecule has 1 nitrogen and oxygen atoms in total. The fraction of sp³-hybridized carbons (Fsp3) is 0.778. The van der Waals surface area contributed by atoms with Gasteiger partial charge in [-0.3, -0.25) is 0 Å². The maximum atomic E-state index is 5.36. The third kappa shape index (κ3) is 2.04. The zero-order chi connectivity index (χ0) is 7.40. The van der Waals surface area contributed by atoms with E-state index in [0.717, 1.165) is 12.8 Å². The molecule has 1 fully saturated rings. The second kappa shape index (κ2) is 3.63. The molecule has 1 heteroatoms. The molecule has 0 aromatic rings. The topological polar surface area (TPSA) is 12.5 Å². The summed E-state index contributed by atoms with van der Waals surface area (Å²) in [5, 5.41) is 0. The first-order valence-electron chi connectivity index (χ1n) is 3.97. The van der Waals surface area contributed by atoms with Gasteiger partial charge in [0, 0.05) is 6.42 Å². The largest absolute Gasteiger partial charge is 0.370 e. The summed E-state index contributed by atoms with van der Waals surface area (Å²) in [6, 6.07) is 0. The molecule has 0 amide bonds. The van der Waals surface area contributed by atoms with E-state index in [1.807, 2.05) is 0 Å². The Labute approximate surface area is 62.8 Å². The van der Waals surface area contributed by atoms with E-state index >= 15 is 0 Å². The zero-order valence-corrected chi connectivity index (χ0v) is 6.47. The predicted octanol–water partition coefficient (Wildman–Crippen LogP) is 1.97. The van der Waals surface area contributed by atoms with E-state index in [-0.39, 0.29) is 0 Å². The van der Waals surface area contributed by atoms with Crippen LogP contribution in [0.2, 0.25) is 0 Å². The summed E-state index contributed by atoms with van der Waals surface area (Å²) < 4.78 is 5.36. The number of ether oxygens (including phenoxy) is 1. The SMILES string of the molecule is C#CCCC1OC1CCC. The van der Waals surface area contributed by atoms with Crippen LogP contribution < -0.4 is 0 Å². The lowest BCUT2D eigenvalue weighted by molar-refractivity contribution is 0.356. The minimum Gasteiger partial charge on any atom is -0.370 e. The summed E-state index contributed by atoms with van der Waals surface area (Å²) in [6.45, 7) is 2.18. The third-order valence-electron chi connectivity index (χ3n) is 1.83. The summed E-state index contributed by atoms with van der Waals surface area (Å²) in [5.74, 6) is 2.62. The quantitative estimate of drug-likeness (QED) is 0.427. The van der Waals surface area contributed by atoms with Crippen LogP contribution in [-0.2, 0) is 4.74 Å². The molecule has 2 atom stereocenters. The van der Waals surface area contributed by atoms with E-state index < -0.39 is 0 Å². The van der Waals surface area contributed by atoms with Gasteiger partial charge < -0.3 is 4.74 Å². The van der Waals surface area contributed by atoms with Crippen LogP contribution >= 0.6 is 0 Å². The highest BCUT2D eigenvalue weighted by Crippen LogP contribution is 2.29. The summed E-state index contributed by atoms with van der Waals surface area (Å²) in [7, 11) is 0. The Bertz CT molecular complexity index is 134. The van der Waals surface area contributed by atoms with Gasteiger partial charge in [0.15, 0.2) is 0 Å². The highest BCUT2D eigenvalue weighted by atomic mass is 16.6. The van der Waals surface area contributed by atoms with Gasteiger partial charge in [-0.2, -0.15) is 0 Å². The van der Waals surface area contributed by atoms with Crippen molar-refractivity contribution in [1.29, 1.82) is 0 Å². The van der Waals surface area contributed by atoms with E-state index in [1.54, 1.807) is 0 Å². The summed E-state index contributed by atoms with van der Waals surface area (Å²) in [5.41, 5.74) is 0. The van der Waals surface area contributed by atoms with Crippen LogP contribution in [0.1, 0.15) is 32.6 Å². The van der Waals surface area contributed by atoms with Crippen LogP contribution in [0.3, 0.4) is 0 Å². The first kappa shape index (κ1) is 7.63. The Morgan fingerprint density at radius 2 is 2.10 bits per heavy atom. The van der Waals surface area contributed by atoms with Crippen LogP contribution in [0.5, 0.6) is 0 Å². The molecule has 0 aromatic heterocycles. The summed E-state index contributed by atoms with van der Waals surface area (Å²) >= 11 is 0. The molecule has 2 unspecified atom stereocenters. The summed E-state index contributed by atoms with van der Waals surface area (Å²) in [4.78, 5) is 0. The van der Waals surface area contributed by atoms with Crippen LogP contribution in [0, 0.1) is 12.3 Å². The molecule has 0 aromatic carbocycles. The van der Waals surface area contributed by atoms with E-state index in [2.05, 4.69) is 12.8 Å². The average molecular weight is 138 g/mol. The molecule has 1 rings (SSSR count). The third-order valence-corrected chi connectivity index (χ3v) is 1.83. The number of hydrogen-bond acceptors (Lipinski definition) is 1. The molecular weight excluding hydrogens is 124 g/mol. The van der Waals surface area contributed by atoms with E-state index in [9.17, 15) is 0 Å². The van der Waals surface area contributed by atoms with Crippen molar-refractivity contribution in [2.24, 2.45) is 0 Å². The van der Waals surface area contributed by atoms with Crippen molar-refractivity contribution >= 4 is 0 Å². The highest BCUT2D eigenvalue weighted by molar-refractivity contribution is 4.91. The second-order valence-electron chi connectivity index (χ2n) is 2.74. The number of epoxide rings is 1. The predicted molar refractivity (Wildman–Crippen MR) is 41.6 cm³/mol. The fourth-order valence-electron chi connectivity index (χ4n) is 1.20. The van der Waals surface area contributed by atoms with Crippen molar-refractivity contribution in [3.05, 3.63) is 0 Å². The molecule has 0 N–H and O–H groups in total. The maximum absolute atomic E-state index is 5.36. The standard InChI is InChI=1S/C9H14O/c1-3-5-7-9-8(10-9)6-4-2/h1,8-9H,4-7H2,2H3. The lowest BCUT2D eigenvalue weighted by Crippen LogP contribution is -1.92. The summed E-state index contributed by atoms with van der Waals surface area (Å²) in [6.07, 6.45) is 10.5. The van der Waals surface area contributed by atoms with Crippen LogP contribution in [0.15, 0.2) is 0 Å². The minimum atomic E-state index is 0.496. The van der Waals surface area contributed by atoms with Crippen molar-refractivity contribution in [2.75, 3.05) is 0 Å². The molecule has 0 radical (unpaired) electrons. The first-order valence-corrected chi connectivity index (χ1v) is 3.97. The minimum absolute atomic E-state index is 0.496. The van der Waals surface area contributed by atoms with Crippen molar-refractivity contribution in [3.8, 4) is 12.3 Å². The molecular formula is C9H14O. The normalized spacial score (nSPS) is 29.6. The average Bonchev–Trinajstić information content (AvgIpc) is 2.65. The molecule has 0 bridgehead atoms. The molecule has 0 saturated carbocycles. The lowest BCUT2D eigenvalue weighted by atomic mass is 10.1. The van der Waals surface area contributed by atoms with Gasteiger partial charge >= 0.3 is 0 Å². The van der Waals surface area contributed by atoms with Gasteiger partial charge in [0.05, 0.1) is 12.2 Å². The van der Waals surface area contributed by atoms with Gasteiger partial charge in [-0.25, -0.2) is 0 Å².